The highest BCUT2D eigenvalue weighted by Crippen LogP contribution is 2.29. The summed E-state index contributed by atoms with van der Waals surface area (Å²) in [7, 11) is 0. The number of carboxylic acid groups (broad SMARTS) is 1. The van der Waals surface area contributed by atoms with E-state index in [-0.39, 0.29) is 42.1 Å². The van der Waals surface area contributed by atoms with Crippen molar-refractivity contribution in [3.05, 3.63) is 41.8 Å². The van der Waals surface area contributed by atoms with Crippen molar-refractivity contribution in [3.8, 4) is 11.6 Å². The molecule has 3 rings (SSSR count). The summed E-state index contributed by atoms with van der Waals surface area (Å²) in [5.74, 6) is -2.00. The van der Waals surface area contributed by atoms with Crippen LogP contribution >= 0.6 is 0 Å². The number of aromatic nitrogens is 2. The van der Waals surface area contributed by atoms with Crippen LogP contribution in [0.1, 0.15) is 69.8 Å². The Hall–Kier alpha value is -2.94. The second-order valence-electron chi connectivity index (χ2n) is 9.61. The van der Waals surface area contributed by atoms with Crippen LogP contribution < -0.4 is 10.1 Å². The maximum absolute atomic E-state index is 14.5. The fourth-order valence-corrected chi connectivity index (χ4v) is 4.06. The van der Waals surface area contributed by atoms with Gasteiger partial charge in [0, 0.05) is 12.1 Å². The lowest BCUT2D eigenvalue weighted by atomic mass is 9.82. The molecule has 34 heavy (non-hydrogen) atoms. The van der Waals surface area contributed by atoms with Crippen molar-refractivity contribution in [2.75, 3.05) is 6.61 Å². The van der Waals surface area contributed by atoms with Crippen LogP contribution in [0, 0.1) is 17.7 Å². The molecule has 1 aromatic carbocycles. The van der Waals surface area contributed by atoms with Gasteiger partial charge in [-0.2, -0.15) is 9.78 Å². The molecule has 0 aliphatic heterocycles. The molecule has 1 saturated carbocycles. The highest BCUT2D eigenvalue weighted by Gasteiger charge is 2.30. The lowest BCUT2D eigenvalue weighted by Gasteiger charge is -2.29. The van der Waals surface area contributed by atoms with Crippen LogP contribution in [0.5, 0.6) is 5.88 Å². The number of hydrogen-bond acceptors (Lipinski definition) is 5. The second kappa shape index (κ2) is 11.0. The summed E-state index contributed by atoms with van der Waals surface area (Å²) in [4.78, 5) is 24.5. The SMILES string of the molecule is CC(C)[C@@](C)(O)COc1cc(C(=O)NC(CC(=O)O)C2CCCCC2)nn1-c1ccccc1F. The Kier molecular flexibility index (Phi) is 8.30. The lowest BCUT2D eigenvalue weighted by molar-refractivity contribution is -0.137. The molecule has 0 radical (unpaired) electrons. The number of carbonyl (C=O) groups is 2. The molecule has 1 aromatic heterocycles. The number of para-hydroxylation sites is 1. The van der Waals surface area contributed by atoms with E-state index in [9.17, 15) is 24.2 Å². The van der Waals surface area contributed by atoms with Gasteiger partial charge in [0.1, 0.15) is 18.1 Å². The van der Waals surface area contributed by atoms with E-state index in [0.29, 0.717) is 0 Å². The summed E-state index contributed by atoms with van der Waals surface area (Å²) in [6, 6.07) is 6.83. The summed E-state index contributed by atoms with van der Waals surface area (Å²) in [5.41, 5.74) is -1.08. The number of carbonyl (C=O) groups excluding carboxylic acids is 1. The van der Waals surface area contributed by atoms with Gasteiger partial charge >= 0.3 is 5.97 Å². The first-order chi connectivity index (χ1) is 16.1. The number of ether oxygens (including phenoxy) is 1. The van der Waals surface area contributed by atoms with Gasteiger partial charge in [0.15, 0.2) is 5.69 Å². The van der Waals surface area contributed by atoms with E-state index in [0.717, 1.165) is 32.1 Å². The molecule has 186 valence electrons. The smallest absolute Gasteiger partial charge is 0.305 e. The Labute approximate surface area is 199 Å². The van der Waals surface area contributed by atoms with E-state index in [4.69, 9.17) is 4.74 Å². The van der Waals surface area contributed by atoms with Crippen molar-refractivity contribution in [1.29, 1.82) is 0 Å². The quantitative estimate of drug-likeness (QED) is 0.480. The molecule has 1 aliphatic carbocycles. The largest absolute Gasteiger partial charge is 0.481 e. The maximum Gasteiger partial charge on any atom is 0.305 e. The molecular weight excluding hydrogens is 441 g/mol. The summed E-state index contributed by atoms with van der Waals surface area (Å²) in [6.07, 6.45) is 4.67. The first kappa shape index (κ1) is 25.7. The molecule has 2 aromatic rings. The maximum atomic E-state index is 14.5. The fraction of sp³-hybridized carbons (Fsp3) is 0.560. The molecule has 9 heteroatoms. The zero-order chi connectivity index (χ0) is 24.9. The molecule has 0 bridgehead atoms. The first-order valence-electron chi connectivity index (χ1n) is 11.8. The molecule has 1 heterocycles. The van der Waals surface area contributed by atoms with Gasteiger partial charge in [0.2, 0.25) is 5.88 Å². The van der Waals surface area contributed by atoms with Gasteiger partial charge in [-0.3, -0.25) is 9.59 Å². The molecule has 1 fully saturated rings. The predicted octanol–water partition coefficient (Wildman–Crippen LogP) is 3.95. The minimum atomic E-state index is -1.15. The fourth-order valence-electron chi connectivity index (χ4n) is 4.06. The predicted molar refractivity (Wildman–Crippen MR) is 125 cm³/mol. The number of carboxylic acids is 1. The van der Waals surface area contributed by atoms with Gasteiger partial charge in [-0.05, 0) is 43.7 Å². The minimum Gasteiger partial charge on any atom is -0.481 e. The molecule has 0 spiro atoms. The third kappa shape index (κ3) is 6.34. The molecule has 2 atom stereocenters. The van der Waals surface area contributed by atoms with Gasteiger partial charge in [-0.1, -0.05) is 45.2 Å². The van der Waals surface area contributed by atoms with Crippen LogP contribution in [0.3, 0.4) is 0 Å². The van der Waals surface area contributed by atoms with E-state index in [1.54, 1.807) is 19.1 Å². The van der Waals surface area contributed by atoms with Crippen LogP contribution in [0.25, 0.3) is 5.69 Å². The topological polar surface area (TPSA) is 114 Å². The Morgan fingerprint density at radius 1 is 1.26 bits per heavy atom. The van der Waals surface area contributed by atoms with Crippen LogP contribution in [-0.2, 0) is 4.79 Å². The van der Waals surface area contributed by atoms with E-state index in [1.807, 2.05) is 13.8 Å². The zero-order valence-electron chi connectivity index (χ0n) is 20.0. The Balaban J connectivity index is 1.88. The molecule has 1 amide bonds. The molecule has 3 N–H and O–H groups in total. The van der Waals surface area contributed by atoms with Crippen molar-refractivity contribution in [2.24, 2.45) is 11.8 Å². The van der Waals surface area contributed by atoms with E-state index >= 15 is 0 Å². The summed E-state index contributed by atoms with van der Waals surface area (Å²) < 4.78 is 21.5. The monoisotopic (exact) mass is 475 g/mol. The summed E-state index contributed by atoms with van der Waals surface area (Å²) in [5, 5.41) is 27.0. The van der Waals surface area contributed by atoms with Gasteiger partial charge in [0.25, 0.3) is 5.91 Å². The standard InChI is InChI=1S/C25H34FN3O5/c1-16(2)25(3,33)15-34-22-13-20(28-29(22)21-12-8-7-11-18(21)26)24(32)27-19(14-23(30)31)17-9-5-4-6-10-17/h7-8,11-13,16-17,19,33H,4-6,9-10,14-15H2,1-3H3,(H,27,32)(H,30,31)/t19?,25-/m0/s1. The van der Waals surface area contributed by atoms with E-state index in [2.05, 4.69) is 10.4 Å². The molecular formula is C25H34FN3O5. The summed E-state index contributed by atoms with van der Waals surface area (Å²) >= 11 is 0. The van der Waals surface area contributed by atoms with Gasteiger partial charge in [0.05, 0.1) is 12.0 Å². The number of aliphatic carboxylic acids is 1. The van der Waals surface area contributed by atoms with Gasteiger partial charge in [-0.25, -0.2) is 4.39 Å². The average Bonchev–Trinajstić information content (AvgIpc) is 3.22. The summed E-state index contributed by atoms with van der Waals surface area (Å²) in [6.45, 7) is 5.25. The number of nitrogens with one attached hydrogen (secondary N) is 1. The highest BCUT2D eigenvalue weighted by atomic mass is 19.1. The van der Waals surface area contributed by atoms with E-state index in [1.165, 1.54) is 22.9 Å². The molecule has 1 unspecified atom stereocenters. The van der Waals surface area contributed by atoms with Crippen molar-refractivity contribution in [2.45, 2.75) is 70.9 Å². The number of halogens is 1. The Bertz CT molecular complexity index is 998. The number of amides is 1. The first-order valence-corrected chi connectivity index (χ1v) is 11.8. The Morgan fingerprint density at radius 2 is 1.94 bits per heavy atom. The minimum absolute atomic E-state index is 0.0198. The van der Waals surface area contributed by atoms with E-state index < -0.39 is 29.3 Å². The number of aliphatic hydroxyl groups is 1. The van der Waals surface area contributed by atoms with Crippen molar-refractivity contribution < 1.29 is 28.9 Å². The third-order valence-electron chi connectivity index (χ3n) is 6.68. The molecule has 8 nitrogen and oxygen atoms in total. The van der Waals surface area contributed by atoms with Crippen LogP contribution in [-0.4, -0.2) is 50.1 Å². The van der Waals surface area contributed by atoms with Crippen molar-refractivity contribution >= 4 is 11.9 Å². The van der Waals surface area contributed by atoms with Gasteiger partial charge < -0.3 is 20.3 Å². The number of benzene rings is 1. The van der Waals surface area contributed by atoms with Crippen molar-refractivity contribution in [3.63, 3.8) is 0 Å². The average molecular weight is 476 g/mol. The number of rotatable bonds is 10. The van der Waals surface area contributed by atoms with Gasteiger partial charge in [-0.15, -0.1) is 0 Å². The number of hydrogen-bond donors (Lipinski definition) is 3. The van der Waals surface area contributed by atoms with Crippen LogP contribution in [0.2, 0.25) is 0 Å². The Morgan fingerprint density at radius 3 is 2.56 bits per heavy atom. The van der Waals surface area contributed by atoms with Crippen LogP contribution in [0.4, 0.5) is 4.39 Å². The lowest BCUT2D eigenvalue weighted by Crippen LogP contribution is -2.42. The number of nitrogens with zero attached hydrogens (tertiary/aromatic N) is 2. The zero-order valence-corrected chi connectivity index (χ0v) is 20.0. The third-order valence-corrected chi connectivity index (χ3v) is 6.68. The normalized spacial score (nSPS) is 17.2. The molecule has 1 aliphatic rings. The second-order valence-corrected chi connectivity index (χ2v) is 9.61. The van der Waals surface area contributed by atoms with Crippen LogP contribution in [0.15, 0.2) is 30.3 Å². The molecule has 0 saturated heterocycles. The van der Waals surface area contributed by atoms with Crippen molar-refractivity contribution in [1.82, 2.24) is 15.1 Å². The highest BCUT2D eigenvalue weighted by molar-refractivity contribution is 5.93.